The number of benzene rings is 6. The van der Waals surface area contributed by atoms with Crippen LogP contribution in [0.15, 0.2) is 225 Å². The molecule has 0 amide bonds. The first kappa shape index (κ1) is 37.7. The summed E-state index contributed by atoms with van der Waals surface area (Å²) in [6.07, 6.45) is 22.0. The van der Waals surface area contributed by atoms with Gasteiger partial charge < -0.3 is 9.47 Å². The largest absolute Gasteiger partial charge is 0.321 e. The minimum atomic E-state index is -0.0635. The third-order valence-corrected chi connectivity index (χ3v) is 12.2. The molecule has 0 aliphatic heterocycles. The molecule has 0 radical (unpaired) electrons. The van der Waals surface area contributed by atoms with Crippen LogP contribution in [0.25, 0.3) is 55.3 Å². The number of allylic oxidation sites excluding steroid dienone is 11. The molecule has 0 bridgehead atoms. The molecule has 2 aliphatic rings. The minimum Gasteiger partial charge on any atom is -0.321 e. The van der Waals surface area contributed by atoms with Crippen LogP contribution in [-0.4, -0.2) is 4.57 Å². The van der Waals surface area contributed by atoms with Crippen LogP contribution in [0.2, 0.25) is 0 Å². The fraction of sp³-hybridized carbons (Fsp3) is 0.123. The number of anilines is 1. The Morgan fingerprint density at radius 1 is 0.661 bits per heavy atom. The second kappa shape index (κ2) is 16.2. The summed E-state index contributed by atoms with van der Waals surface area (Å²) < 4.78 is 2.38. The van der Waals surface area contributed by atoms with Gasteiger partial charge >= 0.3 is 0 Å². The van der Waals surface area contributed by atoms with E-state index < -0.39 is 0 Å². The van der Waals surface area contributed by atoms with E-state index in [9.17, 15) is 0 Å². The third kappa shape index (κ3) is 7.06. The first-order valence-corrected chi connectivity index (χ1v) is 20.8. The Labute approximate surface area is 349 Å². The van der Waals surface area contributed by atoms with E-state index in [1.54, 1.807) is 6.08 Å². The molecule has 2 aliphatic carbocycles. The van der Waals surface area contributed by atoms with E-state index in [0.717, 1.165) is 24.9 Å². The van der Waals surface area contributed by atoms with Gasteiger partial charge in [-0.3, -0.25) is 0 Å². The summed E-state index contributed by atoms with van der Waals surface area (Å²) in [7, 11) is 0. The number of rotatable bonds is 12. The van der Waals surface area contributed by atoms with Crippen LogP contribution in [0.4, 0.5) is 5.69 Å². The highest BCUT2D eigenvalue weighted by molar-refractivity contribution is 6.11. The van der Waals surface area contributed by atoms with Crippen LogP contribution in [0.3, 0.4) is 0 Å². The van der Waals surface area contributed by atoms with Crippen LogP contribution in [0.5, 0.6) is 0 Å². The zero-order valence-corrected chi connectivity index (χ0v) is 34.1. The highest BCUT2D eigenvalue weighted by atomic mass is 15.1. The number of hydrogen-bond acceptors (Lipinski definition) is 1. The van der Waals surface area contributed by atoms with Gasteiger partial charge in [-0.25, -0.2) is 0 Å². The van der Waals surface area contributed by atoms with E-state index in [0.29, 0.717) is 0 Å². The Morgan fingerprint density at radius 2 is 1.41 bits per heavy atom. The van der Waals surface area contributed by atoms with E-state index in [-0.39, 0.29) is 11.3 Å². The predicted molar refractivity (Wildman–Crippen MR) is 254 cm³/mol. The van der Waals surface area contributed by atoms with Gasteiger partial charge in [0.2, 0.25) is 0 Å². The molecule has 1 heterocycles. The molecule has 288 valence electrons. The second-order valence-corrected chi connectivity index (χ2v) is 16.1. The van der Waals surface area contributed by atoms with Gasteiger partial charge in [-0.05, 0) is 118 Å². The second-order valence-electron chi connectivity index (χ2n) is 16.1. The summed E-state index contributed by atoms with van der Waals surface area (Å²) in [5.41, 5.74) is 16.5. The van der Waals surface area contributed by atoms with Crippen molar-refractivity contribution < 1.29 is 0 Å². The van der Waals surface area contributed by atoms with Crippen molar-refractivity contribution in [2.45, 2.75) is 38.5 Å². The normalized spacial score (nSPS) is 15.3. The lowest BCUT2D eigenvalue weighted by Gasteiger charge is -2.31. The third-order valence-electron chi connectivity index (χ3n) is 12.2. The molecule has 1 atom stereocenters. The molecule has 2 nitrogen and oxygen atoms in total. The van der Waals surface area contributed by atoms with Crippen molar-refractivity contribution in [3.8, 4) is 27.9 Å². The monoisotopic (exact) mass is 762 g/mol. The first-order chi connectivity index (χ1) is 29.0. The minimum absolute atomic E-state index is 0.0635. The molecular weight excluding hydrogens is 713 g/mol. The van der Waals surface area contributed by atoms with Crippen LogP contribution in [-0.2, 0) is 5.41 Å². The number of fused-ring (bicyclic) bond motifs is 5. The molecule has 0 saturated heterocycles. The van der Waals surface area contributed by atoms with Gasteiger partial charge in [0.05, 0.1) is 11.0 Å². The van der Waals surface area contributed by atoms with Crippen molar-refractivity contribution in [3.05, 3.63) is 236 Å². The molecule has 0 spiro atoms. The predicted octanol–water partition coefficient (Wildman–Crippen LogP) is 15.4. The van der Waals surface area contributed by atoms with E-state index in [2.05, 4.69) is 213 Å². The van der Waals surface area contributed by atoms with Gasteiger partial charge in [0.1, 0.15) is 0 Å². The van der Waals surface area contributed by atoms with Crippen LogP contribution in [0, 0.1) is 5.92 Å². The van der Waals surface area contributed by atoms with E-state index in [4.69, 9.17) is 0 Å². The van der Waals surface area contributed by atoms with E-state index in [1.165, 1.54) is 77.7 Å². The lowest BCUT2D eigenvalue weighted by atomic mass is 9.79. The number of hydrogen-bond donors (Lipinski definition) is 0. The summed E-state index contributed by atoms with van der Waals surface area (Å²) in [4.78, 5) is 2.44. The molecular formula is C57H50N2. The fourth-order valence-corrected chi connectivity index (χ4v) is 9.24. The molecule has 0 fully saturated rings. The molecule has 59 heavy (non-hydrogen) atoms. The molecule has 7 aromatic rings. The number of para-hydroxylation sites is 2. The quantitative estimate of drug-likeness (QED) is 0.0889. The molecule has 0 N–H and O–H groups in total. The van der Waals surface area contributed by atoms with Crippen molar-refractivity contribution in [2.24, 2.45) is 5.92 Å². The number of aromatic nitrogens is 1. The van der Waals surface area contributed by atoms with Gasteiger partial charge in [-0.2, -0.15) is 0 Å². The van der Waals surface area contributed by atoms with E-state index in [1.807, 2.05) is 18.2 Å². The van der Waals surface area contributed by atoms with Gasteiger partial charge in [0.25, 0.3) is 0 Å². The van der Waals surface area contributed by atoms with Crippen LogP contribution in [0.1, 0.15) is 44.2 Å². The molecule has 1 aromatic heterocycles. The molecule has 9 rings (SSSR count). The Balaban J connectivity index is 1.17. The Morgan fingerprint density at radius 3 is 2.22 bits per heavy atom. The van der Waals surface area contributed by atoms with Gasteiger partial charge in [-0.1, -0.05) is 166 Å². The summed E-state index contributed by atoms with van der Waals surface area (Å²) in [5.74, 6) is 0.213. The summed E-state index contributed by atoms with van der Waals surface area (Å²) in [6, 6.07) is 53.3. The maximum atomic E-state index is 4.15. The van der Waals surface area contributed by atoms with Gasteiger partial charge in [0, 0.05) is 39.5 Å². The highest BCUT2D eigenvalue weighted by Gasteiger charge is 2.38. The van der Waals surface area contributed by atoms with Crippen molar-refractivity contribution >= 4 is 33.1 Å². The van der Waals surface area contributed by atoms with Gasteiger partial charge in [0.15, 0.2) is 0 Å². The van der Waals surface area contributed by atoms with E-state index >= 15 is 0 Å². The molecule has 1 unspecified atom stereocenters. The summed E-state index contributed by atoms with van der Waals surface area (Å²) in [6.45, 7) is 12.7. The average Bonchev–Trinajstić information content (AvgIpc) is 3.74. The van der Waals surface area contributed by atoms with Crippen LogP contribution < -0.4 is 4.90 Å². The lowest BCUT2D eigenvalue weighted by molar-refractivity contribution is 0.648. The Kier molecular flexibility index (Phi) is 10.3. The number of nitrogens with zero attached hydrogens (tertiary/aromatic N) is 2. The van der Waals surface area contributed by atoms with Crippen LogP contribution >= 0.6 is 0 Å². The van der Waals surface area contributed by atoms with Gasteiger partial charge in [-0.15, -0.1) is 6.58 Å². The summed E-state index contributed by atoms with van der Waals surface area (Å²) >= 11 is 0. The zero-order valence-electron chi connectivity index (χ0n) is 34.1. The van der Waals surface area contributed by atoms with Crippen molar-refractivity contribution in [1.82, 2.24) is 4.57 Å². The highest BCUT2D eigenvalue weighted by Crippen LogP contribution is 2.51. The fourth-order valence-electron chi connectivity index (χ4n) is 9.24. The Bertz CT molecular complexity index is 2860. The zero-order chi connectivity index (χ0) is 40.3. The van der Waals surface area contributed by atoms with Crippen molar-refractivity contribution in [1.29, 1.82) is 0 Å². The van der Waals surface area contributed by atoms with Crippen molar-refractivity contribution in [3.63, 3.8) is 0 Å². The molecule has 2 heteroatoms. The molecule has 6 aromatic carbocycles. The SMILES string of the molecule is C=C/C=C\C=C\C(C=C)C/C=C/N(C1=CC2=C(CC1)c1ccccc1C2(C)C)c1ccc(-c2ccc3c(c2)c2ccccc2n3-c2ccccc2)c(-c2ccccc2)c1. The van der Waals surface area contributed by atoms with Crippen molar-refractivity contribution in [2.75, 3.05) is 4.90 Å². The average molecular weight is 763 g/mol. The molecule has 0 saturated carbocycles. The maximum Gasteiger partial charge on any atom is 0.0541 e. The Hall–Kier alpha value is -6.90. The summed E-state index contributed by atoms with van der Waals surface area (Å²) in [5, 5.41) is 2.50. The smallest absolute Gasteiger partial charge is 0.0541 e. The lowest BCUT2D eigenvalue weighted by Crippen LogP contribution is -2.21. The first-order valence-electron chi connectivity index (χ1n) is 20.8. The standard InChI is InChI=1S/C57H50N2/c1-5-7-8-11-21-41(6-2)22-20-37-58(46-33-35-49-48-27-16-18-29-53(48)57(3,4)54(49)40-46)45-32-34-47(51(39-45)42-23-12-9-13-24-42)43-31-36-56-52(38-43)50-28-17-19-30-55(50)59(56)44-25-14-10-15-26-44/h5-21,23-32,34,36-41H,1-2,22,33,35H2,3-4H3/b8-7-,21-11+,37-20+. The topological polar surface area (TPSA) is 8.17 Å². The maximum absolute atomic E-state index is 4.15.